The van der Waals surface area contributed by atoms with Gasteiger partial charge in [-0.15, -0.1) is 0 Å². The van der Waals surface area contributed by atoms with Crippen molar-refractivity contribution in [2.75, 3.05) is 0 Å². The lowest BCUT2D eigenvalue weighted by molar-refractivity contribution is -0.192. The Kier molecular flexibility index (Phi) is 3.13. The second-order valence-corrected chi connectivity index (χ2v) is 3.87. The van der Waals surface area contributed by atoms with Crippen LogP contribution in [0, 0.1) is 0 Å². The molecule has 1 amide bonds. The van der Waals surface area contributed by atoms with Crippen molar-refractivity contribution in [3.63, 3.8) is 0 Å². The first-order valence-corrected chi connectivity index (χ1v) is 4.55. The van der Waals surface area contributed by atoms with Gasteiger partial charge in [-0.1, -0.05) is 0 Å². The van der Waals surface area contributed by atoms with E-state index in [9.17, 15) is 18.0 Å². The van der Waals surface area contributed by atoms with Crippen LogP contribution in [0.25, 0.3) is 0 Å². The summed E-state index contributed by atoms with van der Waals surface area (Å²) in [5.74, 6) is -2.70. The molecular weight excluding hydrogens is 229 g/mol. The lowest BCUT2D eigenvalue weighted by Gasteiger charge is -2.18. The molecule has 92 valence electrons. The van der Waals surface area contributed by atoms with Gasteiger partial charge in [0.1, 0.15) is 0 Å². The standard InChI is InChI=1S/C6H10N2O.C2HF3O2/c7-6-2-1-4(3-6)8-5(6)9;3-2(4,5)1(6)7/h4H,1-3,7H2,(H,8,9);(H,6,7). The molecule has 2 rings (SSSR count). The van der Waals surface area contributed by atoms with Crippen LogP contribution < -0.4 is 11.1 Å². The molecule has 5 nitrogen and oxygen atoms in total. The number of fused-ring (bicyclic) bond motifs is 2. The first kappa shape index (κ1) is 12.8. The van der Waals surface area contributed by atoms with Gasteiger partial charge in [0.2, 0.25) is 5.91 Å². The first-order chi connectivity index (χ1) is 7.15. The van der Waals surface area contributed by atoms with Gasteiger partial charge in [-0.2, -0.15) is 13.2 Å². The van der Waals surface area contributed by atoms with E-state index in [-0.39, 0.29) is 5.91 Å². The molecule has 1 heterocycles. The van der Waals surface area contributed by atoms with Gasteiger partial charge in [-0.25, -0.2) is 4.79 Å². The van der Waals surface area contributed by atoms with Crippen LogP contribution in [0.15, 0.2) is 0 Å². The molecule has 2 fully saturated rings. The molecule has 2 bridgehead atoms. The molecule has 1 aliphatic heterocycles. The molecule has 0 aromatic carbocycles. The molecule has 4 N–H and O–H groups in total. The van der Waals surface area contributed by atoms with Gasteiger partial charge in [0.25, 0.3) is 0 Å². The van der Waals surface area contributed by atoms with Crippen molar-refractivity contribution >= 4 is 11.9 Å². The Morgan fingerprint density at radius 3 is 2.19 bits per heavy atom. The summed E-state index contributed by atoms with van der Waals surface area (Å²) in [5, 5.41) is 9.95. The molecule has 0 aromatic rings. The molecule has 2 atom stereocenters. The lowest BCUT2D eigenvalue weighted by Crippen LogP contribution is -2.48. The highest BCUT2D eigenvalue weighted by molar-refractivity contribution is 5.89. The van der Waals surface area contributed by atoms with Gasteiger partial charge in [0.05, 0.1) is 5.54 Å². The zero-order valence-electron chi connectivity index (χ0n) is 8.17. The van der Waals surface area contributed by atoms with Crippen molar-refractivity contribution in [1.29, 1.82) is 0 Å². The molecule has 8 heteroatoms. The Labute approximate surface area is 88.8 Å². The normalized spacial score (nSPS) is 31.8. The van der Waals surface area contributed by atoms with E-state index < -0.39 is 17.7 Å². The van der Waals surface area contributed by atoms with E-state index in [1.54, 1.807) is 0 Å². The highest BCUT2D eigenvalue weighted by atomic mass is 19.4. The molecule has 1 aliphatic carbocycles. The van der Waals surface area contributed by atoms with E-state index in [1.165, 1.54) is 0 Å². The summed E-state index contributed by atoms with van der Waals surface area (Å²) in [6, 6.07) is 0.391. The quantitative estimate of drug-likeness (QED) is 0.555. The van der Waals surface area contributed by atoms with Crippen molar-refractivity contribution < 1.29 is 27.9 Å². The number of amides is 1. The fraction of sp³-hybridized carbons (Fsp3) is 0.750. The second-order valence-electron chi connectivity index (χ2n) is 3.87. The monoisotopic (exact) mass is 240 g/mol. The number of hydrogen-bond donors (Lipinski definition) is 3. The van der Waals surface area contributed by atoms with Crippen LogP contribution in [0.3, 0.4) is 0 Å². The third-order valence-corrected chi connectivity index (χ3v) is 2.58. The van der Waals surface area contributed by atoms with E-state index in [2.05, 4.69) is 5.32 Å². The summed E-state index contributed by atoms with van der Waals surface area (Å²) in [4.78, 5) is 19.8. The van der Waals surface area contributed by atoms with Crippen molar-refractivity contribution in [2.24, 2.45) is 5.73 Å². The number of nitrogens with one attached hydrogen (secondary N) is 1. The van der Waals surface area contributed by atoms with Gasteiger partial charge in [-0.05, 0) is 19.3 Å². The minimum Gasteiger partial charge on any atom is -0.475 e. The Morgan fingerprint density at radius 1 is 1.56 bits per heavy atom. The van der Waals surface area contributed by atoms with Crippen LogP contribution in [0.5, 0.6) is 0 Å². The minimum atomic E-state index is -5.08. The van der Waals surface area contributed by atoms with Crippen LogP contribution in [-0.4, -0.2) is 34.7 Å². The molecule has 2 aliphatic rings. The number of carbonyl (C=O) groups excluding carboxylic acids is 1. The summed E-state index contributed by atoms with van der Waals surface area (Å²) < 4.78 is 31.7. The van der Waals surface area contributed by atoms with Crippen molar-refractivity contribution in [3.05, 3.63) is 0 Å². The number of hydrogen-bond acceptors (Lipinski definition) is 3. The van der Waals surface area contributed by atoms with E-state index in [1.807, 2.05) is 0 Å². The van der Waals surface area contributed by atoms with Crippen molar-refractivity contribution in [2.45, 2.75) is 37.0 Å². The summed E-state index contributed by atoms with van der Waals surface area (Å²) in [6.07, 6.45) is -2.28. The number of rotatable bonds is 0. The Balaban J connectivity index is 0.000000168. The first-order valence-electron chi connectivity index (χ1n) is 4.55. The molecular formula is C8H11F3N2O3. The topological polar surface area (TPSA) is 92.4 Å². The number of alkyl halides is 3. The Bertz CT molecular complexity index is 318. The highest BCUT2D eigenvalue weighted by Crippen LogP contribution is 2.33. The molecule has 0 aromatic heterocycles. The van der Waals surface area contributed by atoms with Crippen LogP contribution in [0.1, 0.15) is 19.3 Å². The van der Waals surface area contributed by atoms with Gasteiger partial charge in [-0.3, -0.25) is 4.79 Å². The SMILES string of the molecule is NC12CCC(C1)NC2=O.O=C(O)C(F)(F)F. The number of nitrogens with two attached hydrogens (primary N) is 1. The maximum absolute atomic E-state index is 10.9. The molecule has 16 heavy (non-hydrogen) atoms. The van der Waals surface area contributed by atoms with E-state index in [4.69, 9.17) is 15.6 Å². The average molecular weight is 240 g/mol. The minimum absolute atomic E-state index is 0.0544. The molecule has 2 unspecified atom stereocenters. The van der Waals surface area contributed by atoms with Gasteiger partial charge in [0.15, 0.2) is 0 Å². The smallest absolute Gasteiger partial charge is 0.475 e. The number of halogens is 3. The summed E-state index contributed by atoms with van der Waals surface area (Å²) in [6.45, 7) is 0. The largest absolute Gasteiger partial charge is 0.490 e. The molecule has 0 radical (unpaired) electrons. The van der Waals surface area contributed by atoms with Gasteiger partial charge >= 0.3 is 12.1 Å². The molecule has 1 saturated carbocycles. The predicted octanol–water partition coefficient (Wildman–Crippen LogP) is -0.000500. The summed E-state index contributed by atoms with van der Waals surface area (Å²) >= 11 is 0. The van der Waals surface area contributed by atoms with Gasteiger partial charge in [0, 0.05) is 6.04 Å². The maximum Gasteiger partial charge on any atom is 0.490 e. The zero-order chi connectivity index (χ0) is 12.6. The van der Waals surface area contributed by atoms with Crippen LogP contribution in [0.4, 0.5) is 13.2 Å². The number of carboxylic acids is 1. The van der Waals surface area contributed by atoms with Crippen LogP contribution in [0.2, 0.25) is 0 Å². The Morgan fingerprint density at radius 2 is 2.06 bits per heavy atom. The second kappa shape index (κ2) is 3.93. The third kappa shape index (κ3) is 2.63. The molecule has 0 spiro atoms. The fourth-order valence-corrected chi connectivity index (χ4v) is 1.73. The number of carboxylic acid groups (broad SMARTS) is 1. The molecule has 1 saturated heterocycles. The van der Waals surface area contributed by atoms with E-state index in [0.717, 1.165) is 19.3 Å². The zero-order valence-corrected chi connectivity index (χ0v) is 8.17. The number of aliphatic carboxylic acids is 1. The van der Waals surface area contributed by atoms with E-state index >= 15 is 0 Å². The van der Waals surface area contributed by atoms with Crippen molar-refractivity contribution in [3.8, 4) is 0 Å². The Hall–Kier alpha value is -1.31. The van der Waals surface area contributed by atoms with Crippen molar-refractivity contribution in [1.82, 2.24) is 5.32 Å². The predicted molar refractivity (Wildman–Crippen MR) is 46.4 cm³/mol. The lowest BCUT2D eigenvalue weighted by atomic mass is 10.0. The number of carbonyl (C=O) groups is 2. The van der Waals surface area contributed by atoms with E-state index in [0.29, 0.717) is 6.04 Å². The average Bonchev–Trinajstić information content (AvgIpc) is 2.58. The third-order valence-electron chi connectivity index (χ3n) is 2.58. The fourth-order valence-electron chi connectivity index (χ4n) is 1.73. The van der Waals surface area contributed by atoms with Crippen LogP contribution >= 0.6 is 0 Å². The maximum atomic E-state index is 10.9. The summed E-state index contributed by atoms with van der Waals surface area (Å²) in [7, 11) is 0. The van der Waals surface area contributed by atoms with Gasteiger partial charge < -0.3 is 16.2 Å². The van der Waals surface area contributed by atoms with Crippen LogP contribution in [-0.2, 0) is 9.59 Å². The summed E-state index contributed by atoms with van der Waals surface area (Å²) in [5.41, 5.74) is 5.25. The number of piperidine rings is 1. The highest BCUT2D eigenvalue weighted by Gasteiger charge is 2.48.